The van der Waals surface area contributed by atoms with E-state index in [1.165, 1.54) is 12.8 Å². The lowest BCUT2D eigenvalue weighted by Crippen LogP contribution is -2.50. The minimum atomic E-state index is -0.284. The van der Waals surface area contributed by atoms with Crippen LogP contribution in [0.3, 0.4) is 0 Å². The molecule has 3 fully saturated rings. The highest BCUT2D eigenvalue weighted by molar-refractivity contribution is 5.90. The van der Waals surface area contributed by atoms with E-state index in [9.17, 15) is 9.59 Å². The number of rotatable bonds is 3. The van der Waals surface area contributed by atoms with Crippen LogP contribution in [0.15, 0.2) is 11.6 Å². The molecule has 1 N–H and O–H groups in total. The summed E-state index contributed by atoms with van der Waals surface area (Å²) in [6.45, 7) is 9.54. The summed E-state index contributed by atoms with van der Waals surface area (Å²) in [6, 6.07) is -0.284. The maximum atomic E-state index is 12.6. The van der Waals surface area contributed by atoms with Gasteiger partial charge in [0.25, 0.3) is 0 Å². The summed E-state index contributed by atoms with van der Waals surface area (Å²) in [5, 5.41) is 2.82. The zero-order chi connectivity index (χ0) is 17.6. The zero-order valence-corrected chi connectivity index (χ0v) is 15.6. The van der Waals surface area contributed by atoms with Gasteiger partial charge in [0, 0.05) is 39.1 Å². The molecule has 5 heteroatoms. The lowest BCUT2D eigenvalue weighted by molar-refractivity contribution is -0.134. The van der Waals surface area contributed by atoms with E-state index in [2.05, 4.69) is 30.1 Å². The number of allylic oxidation sites excluding steroid dienone is 1. The summed E-state index contributed by atoms with van der Waals surface area (Å²) in [5.41, 5.74) is 2.12. The molecule has 2 heterocycles. The smallest absolute Gasteiger partial charge is 0.245 e. The molecular formula is C20H31N3O2. The Balaban J connectivity index is 1.32. The first-order valence-corrected chi connectivity index (χ1v) is 9.94. The number of carbonyl (C=O) groups is 2. The first-order valence-electron chi connectivity index (χ1n) is 9.94. The van der Waals surface area contributed by atoms with E-state index in [1.807, 2.05) is 4.90 Å². The van der Waals surface area contributed by atoms with Gasteiger partial charge in [-0.15, -0.1) is 0 Å². The van der Waals surface area contributed by atoms with Crippen molar-refractivity contribution in [2.45, 2.75) is 52.0 Å². The van der Waals surface area contributed by atoms with Crippen molar-refractivity contribution in [2.24, 2.45) is 17.3 Å². The third kappa shape index (κ3) is 3.12. The summed E-state index contributed by atoms with van der Waals surface area (Å²) in [4.78, 5) is 28.5. The van der Waals surface area contributed by atoms with Crippen LogP contribution in [0.25, 0.3) is 0 Å². The molecule has 25 heavy (non-hydrogen) atoms. The molecule has 2 bridgehead atoms. The zero-order valence-electron chi connectivity index (χ0n) is 15.6. The third-order valence-corrected chi connectivity index (χ3v) is 7.18. The molecule has 0 aromatic carbocycles. The number of fused-ring (bicyclic) bond motifs is 1. The number of nitrogens with one attached hydrogen (secondary N) is 1. The molecule has 5 aliphatic rings. The van der Waals surface area contributed by atoms with Gasteiger partial charge in [0.2, 0.25) is 11.8 Å². The second-order valence-corrected chi connectivity index (χ2v) is 8.94. The minimum absolute atomic E-state index is 0.0143. The number of carbonyl (C=O) groups excluding carboxylic acids is 2. The van der Waals surface area contributed by atoms with Gasteiger partial charge in [-0.1, -0.05) is 25.5 Å². The summed E-state index contributed by atoms with van der Waals surface area (Å²) < 4.78 is 0. The largest absolute Gasteiger partial charge is 0.344 e. The summed E-state index contributed by atoms with van der Waals surface area (Å²) in [6.07, 6.45) is 7.28. The normalized spacial score (nSPS) is 34.8. The fourth-order valence-electron chi connectivity index (χ4n) is 5.28. The molecule has 2 aliphatic heterocycles. The van der Waals surface area contributed by atoms with E-state index in [0.29, 0.717) is 18.3 Å². The molecular weight excluding hydrogens is 314 g/mol. The molecule has 0 aromatic rings. The van der Waals surface area contributed by atoms with Crippen LogP contribution >= 0.6 is 0 Å². The quantitative estimate of drug-likeness (QED) is 0.794. The van der Waals surface area contributed by atoms with Crippen LogP contribution in [0.4, 0.5) is 0 Å². The van der Waals surface area contributed by atoms with Crippen LogP contribution in [0.5, 0.6) is 0 Å². The van der Waals surface area contributed by atoms with Crippen molar-refractivity contribution in [1.29, 1.82) is 0 Å². The van der Waals surface area contributed by atoms with Crippen LogP contribution in [-0.4, -0.2) is 60.4 Å². The van der Waals surface area contributed by atoms with Crippen molar-refractivity contribution in [3.63, 3.8) is 0 Å². The van der Waals surface area contributed by atoms with Crippen molar-refractivity contribution >= 4 is 11.8 Å². The molecule has 2 amide bonds. The SMILES string of the molecule is CC1(C)[C@H]2CC=C(CN3CCCN(C(=O)[C@@H]4CCC(=O)N4)CC3)[C@@H]1C2. The number of hydrogen-bond donors (Lipinski definition) is 1. The monoisotopic (exact) mass is 345 g/mol. The predicted molar refractivity (Wildman–Crippen MR) is 96.9 cm³/mol. The second-order valence-electron chi connectivity index (χ2n) is 8.94. The molecule has 2 saturated heterocycles. The van der Waals surface area contributed by atoms with Crippen LogP contribution in [0, 0.1) is 17.3 Å². The Morgan fingerprint density at radius 1 is 1.28 bits per heavy atom. The van der Waals surface area contributed by atoms with Gasteiger partial charge in [0.05, 0.1) is 0 Å². The summed E-state index contributed by atoms with van der Waals surface area (Å²) in [7, 11) is 0. The van der Waals surface area contributed by atoms with Crippen LogP contribution in [0.1, 0.15) is 46.0 Å². The number of amides is 2. The van der Waals surface area contributed by atoms with Gasteiger partial charge in [-0.05, 0) is 42.9 Å². The van der Waals surface area contributed by atoms with Gasteiger partial charge in [-0.25, -0.2) is 0 Å². The summed E-state index contributed by atoms with van der Waals surface area (Å²) >= 11 is 0. The number of nitrogens with zero attached hydrogens (tertiary/aromatic N) is 2. The van der Waals surface area contributed by atoms with E-state index in [-0.39, 0.29) is 17.9 Å². The minimum Gasteiger partial charge on any atom is -0.344 e. The Kier molecular flexibility index (Phi) is 4.38. The van der Waals surface area contributed by atoms with E-state index in [1.54, 1.807) is 5.57 Å². The highest BCUT2D eigenvalue weighted by Gasteiger charge is 2.51. The van der Waals surface area contributed by atoms with E-state index in [4.69, 9.17) is 0 Å². The molecule has 5 rings (SSSR count). The van der Waals surface area contributed by atoms with Crippen molar-refractivity contribution in [3.8, 4) is 0 Å². The average molecular weight is 345 g/mol. The molecule has 5 nitrogen and oxygen atoms in total. The van der Waals surface area contributed by atoms with Gasteiger partial charge >= 0.3 is 0 Å². The summed E-state index contributed by atoms with van der Waals surface area (Å²) in [5.74, 6) is 1.79. The fourth-order valence-corrected chi connectivity index (χ4v) is 5.28. The molecule has 0 aromatic heterocycles. The molecule has 3 aliphatic carbocycles. The first-order chi connectivity index (χ1) is 11.9. The van der Waals surface area contributed by atoms with E-state index in [0.717, 1.165) is 51.0 Å². The van der Waals surface area contributed by atoms with Gasteiger partial charge in [0.1, 0.15) is 6.04 Å². The van der Waals surface area contributed by atoms with E-state index < -0.39 is 0 Å². The third-order valence-electron chi connectivity index (χ3n) is 7.18. The Bertz CT molecular complexity index is 598. The Morgan fingerprint density at radius 2 is 2.12 bits per heavy atom. The topological polar surface area (TPSA) is 52.7 Å². The van der Waals surface area contributed by atoms with Crippen molar-refractivity contribution in [2.75, 3.05) is 32.7 Å². The first kappa shape index (κ1) is 17.1. The predicted octanol–water partition coefficient (Wildman–Crippen LogP) is 1.79. The highest BCUT2D eigenvalue weighted by atomic mass is 16.2. The van der Waals surface area contributed by atoms with Crippen molar-refractivity contribution in [1.82, 2.24) is 15.1 Å². The second kappa shape index (κ2) is 6.42. The van der Waals surface area contributed by atoms with Crippen molar-refractivity contribution < 1.29 is 9.59 Å². The Hall–Kier alpha value is -1.36. The molecule has 138 valence electrons. The lowest BCUT2D eigenvalue weighted by atomic mass is 9.49. The Morgan fingerprint density at radius 3 is 2.80 bits per heavy atom. The van der Waals surface area contributed by atoms with Crippen LogP contribution in [-0.2, 0) is 9.59 Å². The van der Waals surface area contributed by atoms with Gasteiger partial charge in [0.15, 0.2) is 0 Å². The van der Waals surface area contributed by atoms with E-state index >= 15 is 0 Å². The Labute approximate surface area is 150 Å². The average Bonchev–Trinajstić information content (AvgIpc) is 2.89. The lowest BCUT2D eigenvalue weighted by Gasteiger charge is -2.57. The van der Waals surface area contributed by atoms with Crippen LogP contribution < -0.4 is 5.32 Å². The van der Waals surface area contributed by atoms with Crippen LogP contribution in [0.2, 0.25) is 0 Å². The molecule has 1 saturated carbocycles. The van der Waals surface area contributed by atoms with Crippen molar-refractivity contribution in [3.05, 3.63) is 11.6 Å². The molecule has 0 radical (unpaired) electrons. The van der Waals surface area contributed by atoms with Gasteiger partial charge in [-0.3, -0.25) is 14.5 Å². The molecule has 3 atom stereocenters. The molecule has 0 spiro atoms. The standard InChI is InChI=1S/C20H31N3O2/c1-20(2)15-5-4-14(16(20)12-15)13-22-8-3-9-23(11-10-22)19(25)17-6-7-18(24)21-17/h4,15-17H,3,5-13H2,1-2H3,(H,21,24)/t15-,16-,17-/m0/s1. The fraction of sp³-hybridized carbons (Fsp3) is 0.800. The maximum absolute atomic E-state index is 12.6. The maximum Gasteiger partial charge on any atom is 0.245 e. The van der Waals surface area contributed by atoms with Gasteiger partial charge < -0.3 is 10.2 Å². The highest BCUT2D eigenvalue weighted by Crippen LogP contribution is 2.59. The number of hydrogen-bond acceptors (Lipinski definition) is 3. The molecule has 0 unspecified atom stereocenters. The van der Waals surface area contributed by atoms with Gasteiger partial charge in [-0.2, -0.15) is 0 Å².